The number of aromatic nitrogens is 2. The van der Waals surface area contributed by atoms with Crippen molar-refractivity contribution in [3.63, 3.8) is 0 Å². The Kier molecular flexibility index (Phi) is 14.4. The van der Waals surface area contributed by atoms with E-state index in [2.05, 4.69) is 66.9 Å². The zero-order chi connectivity index (χ0) is 48.5. The Balaban J connectivity index is 1.30. The van der Waals surface area contributed by atoms with Gasteiger partial charge in [-0.1, -0.05) is 64.6 Å². The van der Waals surface area contributed by atoms with Crippen LogP contribution in [0.3, 0.4) is 0 Å². The Morgan fingerprint density at radius 3 is 2.57 bits per heavy atom. The Morgan fingerprint density at radius 2 is 1.87 bits per heavy atom. The molecule has 16 heteroatoms. The van der Waals surface area contributed by atoms with E-state index in [0.29, 0.717) is 25.8 Å². The number of cyclic esters (lactones) is 1. The smallest absolute Gasteiger partial charge is 0.324 e. The number of aliphatic hydroxyl groups is 1. The summed E-state index contributed by atoms with van der Waals surface area (Å²) in [6.45, 7) is 14.9. The van der Waals surface area contributed by atoms with E-state index in [4.69, 9.17) is 14.5 Å². The molecule has 7 rings (SSSR count). The van der Waals surface area contributed by atoms with Crippen LogP contribution in [0.4, 0.5) is 4.39 Å². The molecule has 4 aromatic rings. The average molecular weight is 922 g/mol. The number of benzene rings is 2. The van der Waals surface area contributed by atoms with Crippen molar-refractivity contribution in [2.45, 2.75) is 110 Å². The second kappa shape index (κ2) is 19.7. The molecule has 2 aromatic heterocycles. The molecule has 0 spiro atoms. The maximum atomic E-state index is 15.4. The second-order valence-electron chi connectivity index (χ2n) is 19.3. The normalized spacial score (nSPS) is 23.1. The lowest BCUT2D eigenvalue weighted by Gasteiger charge is -2.38. The molecule has 0 radical (unpaired) electrons. The summed E-state index contributed by atoms with van der Waals surface area (Å²) in [7, 11) is 2.96. The van der Waals surface area contributed by atoms with Crippen molar-refractivity contribution in [1.29, 1.82) is 0 Å². The molecule has 0 saturated carbocycles. The lowest BCUT2D eigenvalue weighted by Crippen LogP contribution is -2.63. The van der Waals surface area contributed by atoms with Gasteiger partial charge in [0.2, 0.25) is 11.8 Å². The second-order valence-corrected chi connectivity index (χ2v) is 19.3. The van der Waals surface area contributed by atoms with Gasteiger partial charge in [-0.15, -0.1) is 0 Å². The molecule has 3 N–H and O–H groups in total. The van der Waals surface area contributed by atoms with Gasteiger partial charge in [-0.2, -0.15) is 0 Å². The Labute approximate surface area is 391 Å². The van der Waals surface area contributed by atoms with Crippen LogP contribution in [-0.2, 0) is 52.8 Å². The lowest BCUT2D eigenvalue weighted by molar-refractivity contribution is -0.159. The number of methoxy groups -OCH3 is 1. The molecule has 2 saturated heterocycles. The Morgan fingerprint density at radius 1 is 1.12 bits per heavy atom. The molecule has 3 aliphatic heterocycles. The number of nitrogens with zero attached hydrogens (tertiary/aromatic N) is 5. The minimum atomic E-state index is -2.61. The summed E-state index contributed by atoms with van der Waals surface area (Å²) >= 11 is 0. The zero-order valence-corrected chi connectivity index (χ0v) is 39.8. The average Bonchev–Trinajstić information content (AvgIpc) is 3.80. The summed E-state index contributed by atoms with van der Waals surface area (Å²) in [4.78, 5) is 76.1. The lowest BCUT2D eigenvalue weighted by atomic mass is 9.84. The largest absolute Gasteiger partial charge is 0.464 e. The van der Waals surface area contributed by atoms with Crippen molar-refractivity contribution in [3.05, 3.63) is 90.3 Å². The molecule has 67 heavy (non-hydrogen) atoms. The van der Waals surface area contributed by atoms with Crippen LogP contribution in [0.5, 0.6) is 0 Å². The van der Waals surface area contributed by atoms with Crippen molar-refractivity contribution in [3.8, 4) is 22.4 Å². The van der Waals surface area contributed by atoms with Gasteiger partial charge in [-0.25, -0.2) is 9.82 Å². The molecule has 2 aromatic carbocycles. The molecule has 6 bridgehead atoms. The number of pyridine rings is 1. The first-order chi connectivity index (χ1) is 31.8. The highest BCUT2D eigenvalue weighted by Crippen LogP contribution is 2.42. The topological polar surface area (TPSA) is 176 Å². The van der Waals surface area contributed by atoms with Crippen LogP contribution < -0.4 is 10.7 Å². The van der Waals surface area contributed by atoms with Gasteiger partial charge in [0, 0.05) is 61.7 Å². The number of fused-ring (bicyclic) bond motifs is 6. The monoisotopic (exact) mass is 921 g/mol. The maximum absolute atomic E-state index is 15.4. The van der Waals surface area contributed by atoms with Gasteiger partial charge in [0.1, 0.15) is 18.1 Å². The van der Waals surface area contributed by atoms with Gasteiger partial charge in [0.05, 0.1) is 37.2 Å². The number of rotatable bonds is 10. The number of amides is 4. The maximum Gasteiger partial charge on any atom is 0.324 e. The van der Waals surface area contributed by atoms with Gasteiger partial charge in [0.25, 0.3) is 11.8 Å². The van der Waals surface area contributed by atoms with Gasteiger partial charge in [-0.3, -0.25) is 34.0 Å². The number of nitrogens with one attached hydrogen (secondary N) is 2. The quantitative estimate of drug-likeness (QED) is 0.139. The number of alkyl halides is 1. The van der Waals surface area contributed by atoms with Crippen LogP contribution in [-0.4, -0.2) is 129 Å². The number of ether oxygens (including phenoxy) is 2. The molecule has 0 aliphatic carbocycles. The first-order valence-corrected chi connectivity index (χ1v) is 23.1. The summed E-state index contributed by atoms with van der Waals surface area (Å²) in [5.74, 6) is -4.01. The molecular weight excluding hydrogens is 858 g/mol. The number of carbonyl (C=O) groups excluding carboxylic acids is 5. The fraction of sp³-hybridized carbons (Fsp3) is 0.490. The number of halogens is 1. The van der Waals surface area contributed by atoms with Crippen LogP contribution in [0.15, 0.2) is 73.4 Å². The van der Waals surface area contributed by atoms with Crippen LogP contribution in [0.2, 0.25) is 0 Å². The van der Waals surface area contributed by atoms with E-state index >= 15 is 4.39 Å². The minimum Gasteiger partial charge on any atom is -0.464 e. The molecule has 4 amide bonds. The van der Waals surface area contributed by atoms with Crippen molar-refractivity contribution >= 4 is 40.5 Å². The number of aryl methyl sites for hydroxylation is 1. The van der Waals surface area contributed by atoms with Crippen LogP contribution in [0.25, 0.3) is 33.3 Å². The predicted octanol–water partition coefficient (Wildman–Crippen LogP) is 5.33. The van der Waals surface area contributed by atoms with Crippen molar-refractivity contribution in [2.75, 3.05) is 40.4 Å². The van der Waals surface area contributed by atoms with E-state index in [0.717, 1.165) is 66.0 Å². The van der Waals surface area contributed by atoms with Crippen LogP contribution in [0, 0.1) is 11.3 Å². The highest BCUT2D eigenvalue weighted by Gasteiger charge is 2.55. The van der Waals surface area contributed by atoms with Crippen LogP contribution in [0.1, 0.15) is 77.3 Å². The van der Waals surface area contributed by atoms with E-state index in [1.54, 1.807) is 27.2 Å². The number of carbonyl (C=O) groups is 5. The van der Waals surface area contributed by atoms with Gasteiger partial charge >= 0.3 is 5.97 Å². The number of likely N-dealkylation sites (N-methyl/N-ethyl adjacent to an activating group) is 1. The fourth-order valence-electron chi connectivity index (χ4n) is 9.90. The highest BCUT2D eigenvalue weighted by atomic mass is 19.1. The van der Waals surface area contributed by atoms with E-state index in [1.807, 2.05) is 37.3 Å². The fourth-order valence-corrected chi connectivity index (χ4v) is 9.90. The third-order valence-electron chi connectivity index (χ3n) is 13.5. The predicted molar refractivity (Wildman–Crippen MR) is 252 cm³/mol. The molecule has 358 valence electrons. The van der Waals surface area contributed by atoms with E-state index in [9.17, 15) is 29.1 Å². The van der Waals surface area contributed by atoms with Gasteiger partial charge in [0.15, 0.2) is 11.8 Å². The number of esters is 1. The van der Waals surface area contributed by atoms with Gasteiger partial charge in [-0.05, 0) is 91.6 Å². The number of hydrazine groups is 1. The third kappa shape index (κ3) is 9.74. The first-order valence-electron chi connectivity index (χ1n) is 23.1. The SMILES string of the molecule is C=CC(=O)N1C[C@H](F)[C@](O)(C(=O)N(C)C(C(=O)N[C@H]2Cc3cccc(c3)-c3ccc4c(c3)c(c(-c3cccnc3[C@H](C)OC)n4CC)CC(C)(C)COC(=O)[C@@H]3CCCN(N3)C2=O)C(C)C)C1. The summed E-state index contributed by atoms with van der Waals surface area (Å²) < 4.78 is 29.6. The molecule has 15 nitrogen and oxygen atoms in total. The molecule has 5 heterocycles. The number of likely N-dealkylation sites (tertiary alicyclic amines) is 1. The standard InChI is InChI=1S/C51H64FN7O8/c1-10-42(60)57-27-41(52)51(65,28-57)49(64)56(8)44(30(3)4)46(61)54-39-24-32-15-12-16-33(23-32)34-19-20-40-36(25-34)37(45(58(40)11-2)35-17-13-21-53-43(35)31(5)66-9)26-50(6,7)29-67-48(63)38-18-14-22-59(55-38)47(39)62/h10,12-13,15-17,19-21,23,25,30-31,38-39,41,44,55,65H,1,11,14,18,22,24,26-29H2,2-9H3,(H,54,61)/t31-,38-,39-,41-,44?,51-/m0/s1. The van der Waals surface area contributed by atoms with Crippen molar-refractivity contribution < 1.29 is 42.9 Å². The van der Waals surface area contributed by atoms with Crippen molar-refractivity contribution in [2.24, 2.45) is 11.3 Å². The molecule has 2 fully saturated rings. The number of hydrogen-bond acceptors (Lipinski definition) is 10. The molecule has 3 aliphatic rings. The molecular formula is C51H64FN7O8. The minimum absolute atomic E-state index is 0.0306. The van der Waals surface area contributed by atoms with E-state index in [1.165, 1.54) is 12.1 Å². The third-order valence-corrected chi connectivity index (χ3v) is 13.5. The highest BCUT2D eigenvalue weighted by molar-refractivity contribution is 5.97. The van der Waals surface area contributed by atoms with E-state index in [-0.39, 0.29) is 25.7 Å². The first kappa shape index (κ1) is 48.9. The summed E-state index contributed by atoms with van der Waals surface area (Å²) in [6, 6.07) is 14.8. The van der Waals surface area contributed by atoms with Crippen molar-refractivity contribution in [1.82, 2.24) is 35.1 Å². The summed E-state index contributed by atoms with van der Waals surface area (Å²) in [5, 5.41) is 16.7. The summed E-state index contributed by atoms with van der Waals surface area (Å²) in [6.07, 6.45) is 1.83. The number of hydrogen-bond donors (Lipinski definition) is 3. The number of β-amino-alcohol motifs (C(OH)–C–C–N with tert-alkyl or cyclic N) is 1. The molecule has 6 atom stereocenters. The Bertz CT molecular complexity index is 2560. The van der Waals surface area contributed by atoms with E-state index < -0.39 is 83.9 Å². The molecule has 1 unspecified atom stereocenters. The zero-order valence-electron chi connectivity index (χ0n) is 39.8. The Hall–Kier alpha value is -5.97. The summed E-state index contributed by atoms with van der Waals surface area (Å²) in [5.41, 5.74) is 7.37. The van der Waals surface area contributed by atoms with Crippen LogP contribution >= 0.6 is 0 Å². The van der Waals surface area contributed by atoms with Gasteiger partial charge < -0.3 is 34.3 Å².